The van der Waals surface area contributed by atoms with E-state index in [1.54, 1.807) is 6.08 Å². The molecule has 29 heavy (non-hydrogen) atoms. The summed E-state index contributed by atoms with van der Waals surface area (Å²) in [5, 5.41) is 23.0. The molecule has 0 fully saturated rings. The predicted molar refractivity (Wildman–Crippen MR) is 115 cm³/mol. The molecule has 1 aromatic carbocycles. The topological polar surface area (TPSA) is 78.8 Å². The summed E-state index contributed by atoms with van der Waals surface area (Å²) in [6.45, 7) is 2.29. The summed E-state index contributed by atoms with van der Waals surface area (Å²) in [7, 11) is 0. The van der Waals surface area contributed by atoms with Gasteiger partial charge in [0.25, 0.3) is 0 Å². The van der Waals surface area contributed by atoms with E-state index in [0.717, 1.165) is 27.6 Å². The van der Waals surface area contributed by atoms with Crippen LogP contribution in [0.5, 0.6) is 5.75 Å². The van der Waals surface area contributed by atoms with Crippen molar-refractivity contribution in [3.05, 3.63) is 82.0 Å². The minimum absolute atomic E-state index is 0.204. The molecule has 152 valence electrons. The Kier molecular flexibility index (Phi) is 6.96. The molecule has 0 bridgehead atoms. The molecule has 0 aliphatic heterocycles. The van der Waals surface area contributed by atoms with Crippen molar-refractivity contribution in [1.29, 1.82) is 0 Å². The number of allylic oxidation sites excluding steroid dienone is 7. The number of nitrogens with one attached hydrogen (secondary N) is 1. The summed E-state index contributed by atoms with van der Waals surface area (Å²) in [5.74, 6) is -0.262. The lowest BCUT2D eigenvalue weighted by Crippen LogP contribution is -2.28. The third-order valence-corrected chi connectivity index (χ3v) is 5.19. The molecule has 0 saturated heterocycles. The fraction of sp³-hybridized carbons (Fsp3) is 0.261. The molecule has 1 aromatic rings. The van der Waals surface area contributed by atoms with Gasteiger partial charge in [-0.3, -0.25) is 0 Å². The van der Waals surface area contributed by atoms with Crippen LogP contribution in [0.1, 0.15) is 19.8 Å². The van der Waals surface area contributed by atoms with Gasteiger partial charge in [-0.25, -0.2) is 4.79 Å². The predicted octanol–water partition coefficient (Wildman–Crippen LogP) is 4.58. The number of hydrogen-bond donors (Lipinski definition) is 3. The Bertz CT molecular complexity index is 923. The number of carboxylic acids is 1. The number of halogens is 1. The van der Waals surface area contributed by atoms with Crippen LogP contribution in [-0.2, 0) is 4.79 Å². The van der Waals surface area contributed by atoms with Crippen LogP contribution < -0.4 is 10.1 Å². The lowest BCUT2D eigenvalue weighted by Gasteiger charge is -2.20. The van der Waals surface area contributed by atoms with Crippen molar-refractivity contribution in [2.75, 3.05) is 18.5 Å². The number of aliphatic hydroxyl groups is 1. The lowest BCUT2D eigenvalue weighted by atomic mass is 10.0. The molecule has 6 heteroatoms. The van der Waals surface area contributed by atoms with E-state index in [2.05, 4.69) is 5.32 Å². The molecule has 0 heterocycles. The largest absolute Gasteiger partial charge is 0.489 e. The van der Waals surface area contributed by atoms with Crippen LogP contribution in [0.15, 0.2) is 82.0 Å². The minimum atomic E-state index is -0.981. The summed E-state index contributed by atoms with van der Waals surface area (Å²) in [6, 6.07) is 6.89. The van der Waals surface area contributed by atoms with Gasteiger partial charge >= 0.3 is 5.97 Å². The molecule has 1 unspecified atom stereocenters. The van der Waals surface area contributed by atoms with Crippen LogP contribution >= 0.6 is 11.6 Å². The second-order valence-electron chi connectivity index (χ2n) is 6.95. The first-order valence-electron chi connectivity index (χ1n) is 9.43. The molecule has 0 saturated carbocycles. The zero-order chi connectivity index (χ0) is 20.8. The quantitative estimate of drug-likeness (QED) is 0.581. The van der Waals surface area contributed by atoms with Gasteiger partial charge < -0.3 is 20.3 Å². The number of ether oxygens (including phenoxy) is 1. The lowest BCUT2D eigenvalue weighted by molar-refractivity contribution is -0.132. The molecular weight excluding hydrogens is 390 g/mol. The Morgan fingerprint density at radius 2 is 2.03 bits per heavy atom. The molecule has 3 N–H and O–H groups in total. The fourth-order valence-electron chi connectivity index (χ4n) is 3.29. The fourth-order valence-corrected chi connectivity index (χ4v) is 3.53. The first-order chi connectivity index (χ1) is 14.0. The highest BCUT2D eigenvalue weighted by molar-refractivity contribution is 6.29. The van der Waals surface area contributed by atoms with Crippen LogP contribution in [0.2, 0.25) is 0 Å². The van der Waals surface area contributed by atoms with E-state index in [0.29, 0.717) is 25.0 Å². The molecule has 0 spiro atoms. The number of aliphatic hydroxyl groups excluding tert-OH is 1. The van der Waals surface area contributed by atoms with Crippen LogP contribution in [0, 0.1) is 0 Å². The van der Waals surface area contributed by atoms with Crippen LogP contribution in [0.25, 0.3) is 0 Å². The van der Waals surface area contributed by atoms with Gasteiger partial charge in [0.2, 0.25) is 0 Å². The molecule has 5 nitrogen and oxygen atoms in total. The molecule has 1 atom stereocenters. The number of carbonyl (C=O) groups is 1. The van der Waals surface area contributed by atoms with Crippen molar-refractivity contribution in [2.24, 2.45) is 0 Å². The molecule has 2 aliphatic rings. The maximum absolute atomic E-state index is 11.3. The average molecular weight is 414 g/mol. The van der Waals surface area contributed by atoms with Crippen molar-refractivity contribution in [3.63, 3.8) is 0 Å². The molecule has 0 amide bonds. The van der Waals surface area contributed by atoms with Gasteiger partial charge in [0.05, 0.1) is 18.2 Å². The maximum Gasteiger partial charge on any atom is 0.335 e. The monoisotopic (exact) mass is 413 g/mol. The van der Waals surface area contributed by atoms with E-state index >= 15 is 0 Å². The van der Waals surface area contributed by atoms with E-state index in [-0.39, 0.29) is 12.2 Å². The van der Waals surface area contributed by atoms with Crippen molar-refractivity contribution in [2.45, 2.75) is 25.8 Å². The summed E-state index contributed by atoms with van der Waals surface area (Å²) in [6.07, 6.45) is 10.6. The van der Waals surface area contributed by atoms with Gasteiger partial charge in [-0.05, 0) is 60.4 Å². The average Bonchev–Trinajstić information content (AvgIpc) is 3.14. The second kappa shape index (κ2) is 9.63. The molecule has 0 aromatic heterocycles. The van der Waals surface area contributed by atoms with Crippen molar-refractivity contribution in [1.82, 2.24) is 0 Å². The van der Waals surface area contributed by atoms with E-state index < -0.39 is 12.0 Å². The van der Waals surface area contributed by atoms with E-state index in [9.17, 15) is 15.0 Å². The Balaban J connectivity index is 1.61. The van der Waals surface area contributed by atoms with Crippen molar-refractivity contribution in [3.8, 4) is 5.75 Å². The Morgan fingerprint density at radius 3 is 2.72 bits per heavy atom. The Hall–Kier alpha value is -2.76. The van der Waals surface area contributed by atoms with Crippen LogP contribution in [0.4, 0.5) is 5.69 Å². The molecular formula is C23H24ClNO4. The van der Waals surface area contributed by atoms with Gasteiger partial charge in [-0.2, -0.15) is 0 Å². The first-order valence-corrected chi connectivity index (χ1v) is 9.81. The maximum atomic E-state index is 11.3. The number of carboxylic acid groups (broad SMARTS) is 1. The summed E-state index contributed by atoms with van der Waals surface area (Å²) in [4.78, 5) is 11.3. The zero-order valence-corrected chi connectivity index (χ0v) is 16.9. The van der Waals surface area contributed by atoms with E-state index in [1.165, 1.54) is 0 Å². The number of hydrogen-bond acceptors (Lipinski definition) is 4. The third-order valence-electron chi connectivity index (χ3n) is 4.93. The highest BCUT2D eigenvalue weighted by atomic mass is 35.5. The first kappa shape index (κ1) is 21.0. The standard InChI is InChI=1S/C23H24ClNO4/c1-15-4-2-5-17(24)12-16(15)14-29-19-10-8-18(9-11-19)25-22(13-26)20-6-3-7-21(20)23(27)28/h2,4-11,22,25-26H,3,12-14H2,1H3,(H,27,28). The van der Waals surface area contributed by atoms with E-state index in [4.69, 9.17) is 16.3 Å². The summed E-state index contributed by atoms with van der Waals surface area (Å²) in [5.41, 5.74) is 3.89. The van der Waals surface area contributed by atoms with Gasteiger partial charge in [0, 0.05) is 17.1 Å². The second-order valence-corrected chi connectivity index (χ2v) is 7.43. The van der Waals surface area contributed by atoms with E-state index in [1.807, 2.05) is 55.5 Å². The third kappa shape index (κ3) is 5.40. The number of rotatable bonds is 8. The smallest absolute Gasteiger partial charge is 0.335 e. The molecule has 0 radical (unpaired) electrons. The van der Waals surface area contributed by atoms with Crippen molar-refractivity contribution >= 4 is 23.3 Å². The molecule has 3 rings (SSSR count). The highest BCUT2D eigenvalue weighted by Crippen LogP contribution is 2.27. The number of benzene rings is 1. The highest BCUT2D eigenvalue weighted by Gasteiger charge is 2.24. The summed E-state index contributed by atoms with van der Waals surface area (Å²) >= 11 is 6.18. The normalized spacial score (nSPS) is 17.3. The molecule has 2 aliphatic carbocycles. The Morgan fingerprint density at radius 1 is 1.28 bits per heavy atom. The Labute approximate surface area is 175 Å². The van der Waals surface area contributed by atoms with Crippen LogP contribution in [-0.4, -0.2) is 35.4 Å². The van der Waals surface area contributed by atoms with Gasteiger partial charge in [0.15, 0.2) is 0 Å². The van der Waals surface area contributed by atoms with Gasteiger partial charge in [0.1, 0.15) is 12.4 Å². The van der Waals surface area contributed by atoms with Crippen molar-refractivity contribution < 1.29 is 19.7 Å². The minimum Gasteiger partial charge on any atom is -0.489 e. The number of anilines is 1. The zero-order valence-electron chi connectivity index (χ0n) is 16.2. The SMILES string of the molecule is CC1=C(COc2ccc(NC(CO)C3=CCC=C3C(=O)O)cc2)CC(Cl)=CC=C1. The summed E-state index contributed by atoms with van der Waals surface area (Å²) < 4.78 is 5.90. The number of aliphatic carboxylic acids is 1. The van der Waals surface area contributed by atoms with Gasteiger partial charge in [-0.1, -0.05) is 35.9 Å². The van der Waals surface area contributed by atoms with Gasteiger partial charge in [-0.15, -0.1) is 0 Å². The van der Waals surface area contributed by atoms with Crippen LogP contribution in [0.3, 0.4) is 0 Å².